The van der Waals surface area contributed by atoms with E-state index in [1.54, 1.807) is 6.92 Å². The Morgan fingerprint density at radius 2 is 2.00 bits per heavy atom. The van der Waals surface area contributed by atoms with Gasteiger partial charge in [0.2, 0.25) is 5.78 Å². The molecule has 1 aliphatic heterocycles. The summed E-state index contributed by atoms with van der Waals surface area (Å²) in [6.07, 6.45) is 1.47. The van der Waals surface area contributed by atoms with Gasteiger partial charge in [0.25, 0.3) is 11.6 Å². The fraction of sp³-hybridized carbons (Fsp3) is 0.0833. The molecule has 0 unspecified atom stereocenters. The maximum atomic E-state index is 12.2. The fourth-order valence-electron chi connectivity index (χ4n) is 2.08. The van der Waals surface area contributed by atoms with Crippen LogP contribution in [0.1, 0.15) is 32.2 Å². The number of fused-ring (bicyclic) bond motifs is 2. The van der Waals surface area contributed by atoms with Crippen molar-refractivity contribution >= 4 is 17.4 Å². The molecular weight excluding hydrogens is 250 g/mol. The third-order valence-corrected chi connectivity index (χ3v) is 2.94. The molecule has 2 aromatic rings. The van der Waals surface area contributed by atoms with E-state index >= 15 is 0 Å². The lowest BCUT2D eigenvalue weighted by Gasteiger charge is -2.14. The lowest BCUT2D eigenvalue weighted by atomic mass is 9.98. The third kappa shape index (κ3) is 1.48. The van der Waals surface area contributed by atoms with Gasteiger partial charge in [0.05, 0.1) is 16.2 Å². The van der Waals surface area contributed by atoms with Crippen molar-refractivity contribution in [1.82, 2.24) is 9.55 Å². The maximum Gasteiger partial charge on any atom is 0.270 e. The molecule has 1 aliphatic rings. The molecule has 0 spiro atoms. The fourth-order valence-corrected chi connectivity index (χ4v) is 2.08. The average Bonchev–Trinajstić information content (AvgIpc) is 2.77. The van der Waals surface area contributed by atoms with Crippen molar-refractivity contribution in [3.05, 3.63) is 57.2 Å². The van der Waals surface area contributed by atoms with Crippen LogP contribution in [0.25, 0.3) is 0 Å². The SMILES string of the molecule is Cc1cn2c(n1)C(=O)c1cc([N+](=O)[O-])ccc1C2=O. The molecular formula is C12H7N3O4. The van der Waals surface area contributed by atoms with Crippen LogP contribution in [0.3, 0.4) is 0 Å². The topological polar surface area (TPSA) is 95.1 Å². The predicted molar refractivity (Wildman–Crippen MR) is 63.2 cm³/mol. The third-order valence-electron chi connectivity index (χ3n) is 2.94. The summed E-state index contributed by atoms with van der Waals surface area (Å²) in [5.74, 6) is -0.887. The molecule has 0 saturated heterocycles. The number of hydrogen-bond donors (Lipinski definition) is 0. The molecule has 7 heteroatoms. The first kappa shape index (κ1) is 11.3. The van der Waals surface area contributed by atoms with Crippen molar-refractivity contribution < 1.29 is 14.5 Å². The number of carbonyl (C=O) groups is 2. The van der Waals surface area contributed by atoms with Gasteiger partial charge in [-0.1, -0.05) is 0 Å². The monoisotopic (exact) mass is 257 g/mol. The van der Waals surface area contributed by atoms with Gasteiger partial charge in [-0.15, -0.1) is 0 Å². The van der Waals surface area contributed by atoms with Crippen LogP contribution in [-0.2, 0) is 0 Å². The van der Waals surface area contributed by atoms with Crippen LogP contribution in [0, 0.1) is 17.0 Å². The first-order valence-electron chi connectivity index (χ1n) is 5.43. The van der Waals surface area contributed by atoms with Gasteiger partial charge in [-0.3, -0.25) is 24.3 Å². The Bertz CT molecular complexity index is 760. The quantitative estimate of drug-likeness (QED) is 0.484. The van der Waals surface area contributed by atoms with Crippen LogP contribution in [0.4, 0.5) is 5.69 Å². The van der Waals surface area contributed by atoms with E-state index in [-0.39, 0.29) is 22.6 Å². The van der Waals surface area contributed by atoms with Crippen molar-refractivity contribution in [2.75, 3.05) is 0 Å². The summed E-state index contributed by atoms with van der Waals surface area (Å²) < 4.78 is 1.17. The lowest BCUT2D eigenvalue weighted by molar-refractivity contribution is -0.384. The molecule has 1 aromatic heterocycles. The minimum absolute atomic E-state index is 0.00417. The number of nitro benzene ring substituents is 1. The number of imidazole rings is 1. The van der Waals surface area contributed by atoms with E-state index in [4.69, 9.17) is 0 Å². The molecule has 3 rings (SSSR count). The highest BCUT2D eigenvalue weighted by molar-refractivity contribution is 6.20. The van der Waals surface area contributed by atoms with Crippen molar-refractivity contribution in [3.63, 3.8) is 0 Å². The molecule has 0 aliphatic carbocycles. The lowest BCUT2D eigenvalue weighted by Crippen LogP contribution is -2.27. The summed E-state index contributed by atoms with van der Waals surface area (Å²) in [4.78, 5) is 38.4. The highest BCUT2D eigenvalue weighted by Gasteiger charge is 2.32. The van der Waals surface area contributed by atoms with Gasteiger partial charge >= 0.3 is 0 Å². The summed E-state index contributed by atoms with van der Waals surface area (Å²) >= 11 is 0. The minimum atomic E-state index is -0.607. The molecule has 7 nitrogen and oxygen atoms in total. The Hall–Kier alpha value is -2.83. The van der Waals surface area contributed by atoms with Crippen LogP contribution in [0.5, 0.6) is 0 Å². The highest BCUT2D eigenvalue weighted by Crippen LogP contribution is 2.26. The van der Waals surface area contributed by atoms with E-state index in [9.17, 15) is 19.7 Å². The van der Waals surface area contributed by atoms with Crippen LogP contribution in [0.15, 0.2) is 24.4 Å². The Morgan fingerprint density at radius 1 is 1.26 bits per heavy atom. The first-order valence-corrected chi connectivity index (χ1v) is 5.43. The zero-order chi connectivity index (χ0) is 13.7. The van der Waals surface area contributed by atoms with E-state index in [0.29, 0.717) is 5.69 Å². The zero-order valence-corrected chi connectivity index (χ0v) is 9.78. The second-order valence-corrected chi connectivity index (χ2v) is 4.20. The number of nitrogens with zero attached hydrogens (tertiary/aromatic N) is 3. The molecule has 94 valence electrons. The van der Waals surface area contributed by atoms with Crippen molar-refractivity contribution in [2.24, 2.45) is 0 Å². The number of non-ortho nitro benzene ring substituents is 1. The van der Waals surface area contributed by atoms with E-state index in [1.807, 2.05) is 0 Å². The molecule has 0 atom stereocenters. The van der Waals surface area contributed by atoms with E-state index in [2.05, 4.69) is 4.98 Å². The molecule has 0 saturated carbocycles. The van der Waals surface area contributed by atoms with Crippen LogP contribution >= 0.6 is 0 Å². The molecule has 0 N–H and O–H groups in total. The molecule has 0 bridgehead atoms. The maximum absolute atomic E-state index is 12.2. The van der Waals surface area contributed by atoms with Gasteiger partial charge in [-0.2, -0.15) is 0 Å². The summed E-state index contributed by atoms with van der Waals surface area (Å²) in [6.45, 7) is 1.67. The van der Waals surface area contributed by atoms with Gasteiger partial charge in [0.1, 0.15) is 0 Å². The highest BCUT2D eigenvalue weighted by atomic mass is 16.6. The number of ketones is 1. The Labute approximate surface area is 106 Å². The number of carbonyl (C=O) groups excluding carboxylic acids is 2. The Balaban J connectivity index is 2.26. The zero-order valence-electron chi connectivity index (χ0n) is 9.78. The van der Waals surface area contributed by atoms with Crippen LogP contribution in [-0.4, -0.2) is 26.2 Å². The Kier molecular flexibility index (Phi) is 2.12. The number of aromatic nitrogens is 2. The number of aryl methyl sites for hydroxylation is 1. The van der Waals surface area contributed by atoms with E-state index in [0.717, 1.165) is 6.07 Å². The van der Waals surface area contributed by atoms with Crippen LogP contribution in [0.2, 0.25) is 0 Å². The summed E-state index contributed by atoms with van der Waals surface area (Å²) in [6, 6.07) is 3.62. The second kappa shape index (κ2) is 3.58. The van der Waals surface area contributed by atoms with Gasteiger partial charge in [0, 0.05) is 23.9 Å². The van der Waals surface area contributed by atoms with E-state index < -0.39 is 16.6 Å². The van der Waals surface area contributed by atoms with Crippen LogP contribution < -0.4 is 0 Å². The summed E-state index contributed by atoms with van der Waals surface area (Å²) in [7, 11) is 0. The number of nitro groups is 1. The second-order valence-electron chi connectivity index (χ2n) is 4.20. The molecule has 0 amide bonds. The Morgan fingerprint density at radius 3 is 2.68 bits per heavy atom. The predicted octanol–water partition coefficient (Wildman–Crippen LogP) is 1.33. The van der Waals surface area contributed by atoms with Crippen molar-refractivity contribution in [3.8, 4) is 0 Å². The standard InChI is InChI=1S/C12H7N3O4/c1-6-5-14-11(13-6)10(16)9-4-7(15(18)19)2-3-8(9)12(14)17/h2-5H,1H3. The molecule has 0 fully saturated rings. The molecule has 19 heavy (non-hydrogen) atoms. The summed E-state index contributed by atoms with van der Waals surface area (Å²) in [5, 5.41) is 10.7. The van der Waals surface area contributed by atoms with Gasteiger partial charge in [0.15, 0.2) is 5.82 Å². The average molecular weight is 257 g/mol. The van der Waals surface area contributed by atoms with E-state index in [1.165, 1.54) is 22.9 Å². The number of benzene rings is 1. The van der Waals surface area contributed by atoms with Gasteiger partial charge < -0.3 is 0 Å². The first-order chi connectivity index (χ1) is 8.99. The molecule has 2 heterocycles. The van der Waals surface area contributed by atoms with Gasteiger partial charge in [-0.05, 0) is 13.0 Å². The number of hydrogen-bond acceptors (Lipinski definition) is 5. The molecule has 0 radical (unpaired) electrons. The normalized spacial score (nSPS) is 13.1. The number of rotatable bonds is 1. The molecule has 1 aromatic carbocycles. The minimum Gasteiger partial charge on any atom is -0.285 e. The van der Waals surface area contributed by atoms with Crippen molar-refractivity contribution in [1.29, 1.82) is 0 Å². The smallest absolute Gasteiger partial charge is 0.270 e. The largest absolute Gasteiger partial charge is 0.285 e. The van der Waals surface area contributed by atoms with Gasteiger partial charge in [-0.25, -0.2) is 4.98 Å². The summed E-state index contributed by atoms with van der Waals surface area (Å²) in [5.41, 5.74) is 0.494. The van der Waals surface area contributed by atoms with Crippen molar-refractivity contribution in [2.45, 2.75) is 6.92 Å².